The molecule has 0 aliphatic rings. The lowest BCUT2D eigenvalue weighted by Crippen LogP contribution is -2.20. The lowest BCUT2D eigenvalue weighted by Gasteiger charge is -2.09. The molecular weight excluding hydrogens is 304 g/mol. The maximum Gasteiger partial charge on any atom is 0.251 e. The summed E-state index contributed by atoms with van der Waals surface area (Å²) in [7, 11) is 0. The molecule has 2 heterocycles. The van der Waals surface area contributed by atoms with Crippen LogP contribution in [0.5, 0.6) is 0 Å². The summed E-state index contributed by atoms with van der Waals surface area (Å²) in [6.45, 7) is 0.480. The highest BCUT2D eigenvalue weighted by atomic mass is 79.9. The third kappa shape index (κ3) is 2.44. The molecule has 0 saturated heterocycles. The van der Waals surface area contributed by atoms with E-state index in [2.05, 4.69) is 20.9 Å². The van der Waals surface area contributed by atoms with Crippen LogP contribution in [0.25, 0.3) is 10.9 Å². The van der Waals surface area contributed by atoms with E-state index in [1.165, 1.54) is 0 Å². The van der Waals surface area contributed by atoms with Crippen LogP contribution in [-0.4, -0.2) is 9.55 Å². The first-order valence-corrected chi connectivity index (χ1v) is 6.72. The summed E-state index contributed by atoms with van der Waals surface area (Å²) in [5.74, 6) is 0. The van der Waals surface area contributed by atoms with Crippen molar-refractivity contribution in [1.29, 1.82) is 0 Å². The fourth-order valence-corrected chi connectivity index (χ4v) is 2.30. The molecule has 2 aromatic heterocycles. The van der Waals surface area contributed by atoms with Crippen molar-refractivity contribution in [2.75, 3.05) is 0 Å². The van der Waals surface area contributed by atoms with Crippen LogP contribution < -0.4 is 5.56 Å². The van der Waals surface area contributed by atoms with Gasteiger partial charge in [0.2, 0.25) is 0 Å². The number of benzene rings is 1. The Kier molecular flexibility index (Phi) is 3.17. The van der Waals surface area contributed by atoms with Crippen LogP contribution >= 0.6 is 15.9 Å². The van der Waals surface area contributed by atoms with Gasteiger partial charge in [0.25, 0.3) is 5.56 Å². The number of rotatable bonds is 2. The number of pyridine rings is 2. The number of hydrogen-bond acceptors (Lipinski definition) is 2. The highest BCUT2D eigenvalue weighted by molar-refractivity contribution is 9.10. The van der Waals surface area contributed by atoms with Gasteiger partial charge in [-0.2, -0.15) is 0 Å². The van der Waals surface area contributed by atoms with Gasteiger partial charge in [-0.15, -0.1) is 0 Å². The quantitative estimate of drug-likeness (QED) is 0.728. The Labute approximate surface area is 118 Å². The average molecular weight is 315 g/mol. The minimum atomic E-state index is -0.0107. The Morgan fingerprint density at radius 3 is 2.68 bits per heavy atom. The van der Waals surface area contributed by atoms with Crippen molar-refractivity contribution in [2.45, 2.75) is 6.54 Å². The van der Waals surface area contributed by atoms with Gasteiger partial charge in [0, 0.05) is 16.7 Å². The van der Waals surface area contributed by atoms with Gasteiger partial charge >= 0.3 is 0 Å². The average Bonchev–Trinajstić information content (AvgIpc) is 2.44. The molecule has 0 aliphatic heterocycles. The van der Waals surface area contributed by atoms with E-state index in [0.717, 1.165) is 21.1 Å². The second-order valence-electron chi connectivity index (χ2n) is 4.28. The van der Waals surface area contributed by atoms with Crippen LogP contribution in [0.15, 0.2) is 64.0 Å². The summed E-state index contributed by atoms with van der Waals surface area (Å²) < 4.78 is 2.67. The highest BCUT2D eigenvalue weighted by Gasteiger charge is 2.04. The molecule has 0 aliphatic carbocycles. The maximum atomic E-state index is 12.0. The monoisotopic (exact) mass is 314 g/mol. The first-order chi connectivity index (χ1) is 9.24. The number of hydrogen-bond donors (Lipinski definition) is 0. The van der Waals surface area contributed by atoms with Crippen LogP contribution in [0.2, 0.25) is 0 Å². The molecule has 0 fully saturated rings. The zero-order valence-electron chi connectivity index (χ0n) is 10.1. The lowest BCUT2D eigenvalue weighted by molar-refractivity contribution is 0.771. The van der Waals surface area contributed by atoms with E-state index in [4.69, 9.17) is 0 Å². The van der Waals surface area contributed by atoms with E-state index in [9.17, 15) is 4.79 Å². The van der Waals surface area contributed by atoms with Gasteiger partial charge in [-0.05, 0) is 45.6 Å². The number of nitrogens with zero attached hydrogens (tertiary/aromatic N) is 2. The Morgan fingerprint density at radius 1 is 1.05 bits per heavy atom. The Hall–Kier alpha value is -1.94. The molecule has 0 spiro atoms. The fourth-order valence-electron chi connectivity index (χ4n) is 2.07. The van der Waals surface area contributed by atoms with Crippen molar-refractivity contribution in [2.24, 2.45) is 0 Å². The molecule has 0 N–H and O–H groups in total. The van der Waals surface area contributed by atoms with E-state index in [-0.39, 0.29) is 5.56 Å². The van der Waals surface area contributed by atoms with Crippen LogP contribution in [0.3, 0.4) is 0 Å². The Balaban J connectivity index is 2.12. The molecule has 4 heteroatoms. The molecular formula is C15H11BrN2O. The number of para-hydroxylation sites is 1. The lowest BCUT2D eigenvalue weighted by atomic mass is 10.2. The molecule has 94 valence electrons. The molecule has 0 unspecified atom stereocenters. The van der Waals surface area contributed by atoms with Crippen LogP contribution in [0.4, 0.5) is 0 Å². The minimum absolute atomic E-state index is 0.0107. The summed E-state index contributed by atoms with van der Waals surface area (Å²) in [6, 6.07) is 15.2. The van der Waals surface area contributed by atoms with Gasteiger partial charge in [0.05, 0.1) is 17.8 Å². The summed E-state index contributed by atoms with van der Waals surface area (Å²) in [6.07, 6.45) is 1.74. The summed E-state index contributed by atoms with van der Waals surface area (Å²) in [5.41, 5.74) is 1.78. The maximum absolute atomic E-state index is 12.0. The van der Waals surface area contributed by atoms with Crippen molar-refractivity contribution in [1.82, 2.24) is 9.55 Å². The molecule has 0 bridgehead atoms. The SMILES string of the molecule is O=c1ccc2ccccc2n1Cc1ccc(Br)cn1. The molecule has 3 aromatic rings. The molecule has 3 nitrogen and oxygen atoms in total. The second kappa shape index (κ2) is 4.97. The van der Waals surface area contributed by atoms with Gasteiger partial charge < -0.3 is 4.57 Å². The zero-order chi connectivity index (χ0) is 13.2. The van der Waals surface area contributed by atoms with Crippen molar-refractivity contribution < 1.29 is 0 Å². The number of fused-ring (bicyclic) bond motifs is 1. The second-order valence-corrected chi connectivity index (χ2v) is 5.20. The van der Waals surface area contributed by atoms with Crippen LogP contribution in [-0.2, 0) is 6.54 Å². The molecule has 3 rings (SSSR count). The van der Waals surface area contributed by atoms with Crippen molar-refractivity contribution >= 4 is 26.8 Å². The summed E-state index contributed by atoms with van der Waals surface area (Å²) >= 11 is 3.35. The fraction of sp³-hybridized carbons (Fsp3) is 0.0667. The zero-order valence-corrected chi connectivity index (χ0v) is 11.7. The van der Waals surface area contributed by atoms with Crippen LogP contribution in [0, 0.1) is 0 Å². The van der Waals surface area contributed by atoms with Gasteiger partial charge in [-0.25, -0.2) is 0 Å². The summed E-state index contributed by atoms with van der Waals surface area (Å²) in [5, 5.41) is 1.05. The van der Waals surface area contributed by atoms with E-state index in [1.807, 2.05) is 42.5 Å². The minimum Gasteiger partial charge on any atom is -0.302 e. The van der Waals surface area contributed by atoms with Gasteiger partial charge in [-0.3, -0.25) is 9.78 Å². The van der Waals surface area contributed by atoms with Crippen molar-refractivity contribution in [3.8, 4) is 0 Å². The van der Waals surface area contributed by atoms with E-state index < -0.39 is 0 Å². The van der Waals surface area contributed by atoms with E-state index in [0.29, 0.717) is 6.54 Å². The van der Waals surface area contributed by atoms with E-state index >= 15 is 0 Å². The standard InChI is InChI=1S/C15H11BrN2O/c16-12-6-7-13(17-9-12)10-18-14-4-2-1-3-11(14)5-8-15(18)19/h1-9H,10H2. The van der Waals surface area contributed by atoms with Crippen LogP contribution in [0.1, 0.15) is 5.69 Å². The van der Waals surface area contributed by atoms with E-state index in [1.54, 1.807) is 16.8 Å². The molecule has 0 amide bonds. The smallest absolute Gasteiger partial charge is 0.251 e. The number of halogens is 1. The molecule has 0 atom stereocenters. The summed E-state index contributed by atoms with van der Waals surface area (Å²) in [4.78, 5) is 16.3. The predicted octanol–water partition coefficient (Wildman–Crippen LogP) is 3.21. The third-order valence-corrected chi connectivity index (χ3v) is 3.48. The van der Waals surface area contributed by atoms with Crippen molar-refractivity contribution in [3.05, 3.63) is 75.2 Å². The topological polar surface area (TPSA) is 34.9 Å². The van der Waals surface area contributed by atoms with Gasteiger partial charge in [-0.1, -0.05) is 18.2 Å². The van der Waals surface area contributed by atoms with Gasteiger partial charge in [0.15, 0.2) is 0 Å². The van der Waals surface area contributed by atoms with Crippen molar-refractivity contribution in [3.63, 3.8) is 0 Å². The molecule has 19 heavy (non-hydrogen) atoms. The molecule has 0 saturated carbocycles. The molecule has 0 radical (unpaired) electrons. The molecule has 1 aromatic carbocycles. The Bertz CT molecular complexity index is 778. The first-order valence-electron chi connectivity index (χ1n) is 5.93. The predicted molar refractivity (Wildman–Crippen MR) is 79.2 cm³/mol. The highest BCUT2D eigenvalue weighted by Crippen LogP contribution is 2.13. The Morgan fingerprint density at radius 2 is 1.89 bits per heavy atom. The third-order valence-electron chi connectivity index (χ3n) is 3.01. The number of aromatic nitrogens is 2. The first kappa shape index (κ1) is 12.1. The normalized spacial score (nSPS) is 10.8. The largest absolute Gasteiger partial charge is 0.302 e. The van der Waals surface area contributed by atoms with Gasteiger partial charge in [0.1, 0.15) is 0 Å².